The minimum atomic E-state index is -0.507. The van der Waals surface area contributed by atoms with Gasteiger partial charge >= 0.3 is 5.69 Å². The third-order valence-corrected chi connectivity index (χ3v) is 5.14. The molecule has 2 aromatic carbocycles. The van der Waals surface area contributed by atoms with Crippen LogP contribution in [0.2, 0.25) is 0 Å². The van der Waals surface area contributed by atoms with Gasteiger partial charge in [-0.3, -0.25) is 14.9 Å². The third-order valence-electron chi connectivity index (χ3n) is 4.19. The Morgan fingerprint density at radius 1 is 1.23 bits per heavy atom. The monoisotopic (exact) mass is 550 g/mol. The Morgan fingerprint density at radius 2 is 1.94 bits per heavy atom. The van der Waals surface area contributed by atoms with Gasteiger partial charge in [0.1, 0.15) is 5.82 Å². The lowest BCUT2D eigenvalue weighted by Crippen LogP contribution is -2.21. The number of halogens is 2. The number of aromatic nitrogens is 2. The lowest BCUT2D eigenvalue weighted by Gasteiger charge is -2.19. The number of nitrogens with zero attached hydrogens (tertiary/aromatic N) is 4. The van der Waals surface area contributed by atoms with E-state index in [4.69, 9.17) is 4.74 Å². The van der Waals surface area contributed by atoms with Crippen LogP contribution in [0.5, 0.6) is 5.75 Å². The lowest BCUT2D eigenvalue weighted by molar-refractivity contribution is -0.386. The van der Waals surface area contributed by atoms with Crippen LogP contribution in [0.4, 0.5) is 5.69 Å². The highest BCUT2D eigenvalue weighted by molar-refractivity contribution is 9.10. The molecule has 10 heteroatoms. The largest absolute Gasteiger partial charge is 0.486 e. The summed E-state index contributed by atoms with van der Waals surface area (Å²) in [5.74, 6) is 0.479. The van der Waals surface area contributed by atoms with Gasteiger partial charge < -0.3 is 4.74 Å². The van der Waals surface area contributed by atoms with Crippen molar-refractivity contribution in [1.29, 1.82) is 0 Å². The maximum Gasteiger partial charge on any atom is 0.312 e. The molecule has 0 atom stereocenters. The molecule has 0 aliphatic rings. The highest BCUT2D eigenvalue weighted by atomic mass is 79.9. The molecule has 0 amide bonds. The van der Waals surface area contributed by atoms with Crippen molar-refractivity contribution in [3.63, 3.8) is 0 Å². The fourth-order valence-electron chi connectivity index (χ4n) is 2.79. The van der Waals surface area contributed by atoms with E-state index in [1.165, 1.54) is 12.3 Å². The first kappa shape index (κ1) is 23.1. The van der Waals surface area contributed by atoms with Gasteiger partial charge in [-0.25, -0.2) is 4.98 Å². The molecule has 31 heavy (non-hydrogen) atoms. The number of nitro groups is 1. The Labute approximate surface area is 195 Å². The molecule has 1 aromatic heterocycles. The Hall–Kier alpha value is -2.59. The van der Waals surface area contributed by atoms with Crippen molar-refractivity contribution >= 4 is 54.7 Å². The Kier molecular flexibility index (Phi) is 6.61. The predicted molar refractivity (Wildman–Crippen MR) is 127 cm³/mol. The molecule has 0 unspecified atom stereocenters. The number of nitro benzene ring substituents is 1. The van der Waals surface area contributed by atoms with Crippen molar-refractivity contribution in [3.05, 3.63) is 71.1 Å². The van der Waals surface area contributed by atoms with Gasteiger partial charge in [-0.1, -0.05) is 52.6 Å². The van der Waals surface area contributed by atoms with Crippen molar-refractivity contribution in [2.24, 2.45) is 10.5 Å². The normalized spacial score (nSPS) is 11.9. The number of fused-ring (bicyclic) bond motifs is 1. The molecule has 0 bridgehead atoms. The van der Waals surface area contributed by atoms with Crippen LogP contribution in [-0.2, 0) is 0 Å². The SMILES string of the molecule is Cc1nc2ccc(Br)cc2c(=O)n1N=Cc1cc(Br)cc([N+](=O)[O-])c1OCC(C)(C)C. The average Bonchev–Trinajstić information content (AvgIpc) is 2.66. The topological polar surface area (TPSA) is 99.6 Å². The summed E-state index contributed by atoms with van der Waals surface area (Å²) < 4.78 is 8.23. The summed E-state index contributed by atoms with van der Waals surface area (Å²) >= 11 is 6.65. The molecular formula is C21H20Br2N4O4. The van der Waals surface area contributed by atoms with E-state index < -0.39 is 4.92 Å². The highest BCUT2D eigenvalue weighted by Gasteiger charge is 2.23. The van der Waals surface area contributed by atoms with Gasteiger partial charge in [0.2, 0.25) is 5.75 Å². The zero-order valence-corrected chi connectivity index (χ0v) is 20.5. The predicted octanol–water partition coefficient (Wildman–Crippen LogP) is 5.45. The van der Waals surface area contributed by atoms with E-state index >= 15 is 0 Å². The smallest absolute Gasteiger partial charge is 0.312 e. The summed E-state index contributed by atoms with van der Waals surface area (Å²) in [4.78, 5) is 28.5. The molecule has 0 fully saturated rings. The molecule has 0 spiro atoms. The van der Waals surface area contributed by atoms with E-state index in [-0.39, 0.29) is 29.0 Å². The molecule has 0 N–H and O–H groups in total. The minimum absolute atomic E-state index is 0.0917. The molecule has 3 rings (SSSR count). The van der Waals surface area contributed by atoms with Gasteiger partial charge in [0, 0.05) is 20.6 Å². The molecule has 162 valence electrons. The van der Waals surface area contributed by atoms with Crippen molar-refractivity contribution in [2.75, 3.05) is 6.61 Å². The molecule has 0 saturated heterocycles. The molecule has 0 radical (unpaired) electrons. The summed E-state index contributed by atoms with van der Waals surface area (Å²) in [6, 6.07) is 8.26. The Bertz CT molecular complexity index is 1260. The number of hydrogen-bond acceptors (Lipinski definition) is 6. The fraction of sp³-hybridized carbons (Fsp3) is 0.286. The molecule has 0 aliphatic carbocycles. The first-order valence-electron chi connectivity index (χ1n) is 9.30. The molecule has 3 aromatic rings. The first-order chi connectivity index (χ1) is 14.5. The summed E-state index contributed by atoms with van der Waals surface area (Å²) in [5, 5.41) is 16.3. The average molecular weight is 552 g/mol. The lowest BCUT2D eigenvalue weighted by atomic mass is 9.98. The van der Waals surface area contributed by atoms with Crippen molar-refractivity contribution in [2.45, 2.75) is 27.7 Å². The van der Waals surface area contributed by atoms with Gasteiger partial charge in [0.15, 0.2) is 0 Å². The maximum absolute atomic E-state index is 12.9. The highest BCUT2D eigenvalue weighted by Crippen LogP contribution is 2.35. The number of ether oxygens (including phenoxy) is 1. The van der Waals surface area contributed by atoms with Crippen molar-refractivity contribution < 1.29 is 9.66 Å². The molecule has 8 nitrogen and oxygen atoms in total. The van der Waals surface area contributed by atoms with E-state index in [0.717, 1.165) is 9.15 Å². The van der Waals surface area contributed by atoms with E-state index in [2.05, 4.69) is 41.9 Å². The summed E-state index contributed by atoms with van der Waals surface area (Å²) in [6.45, 7) is 7.83. The second kappa shape index (κ2) is 8.88. The fourth-order valence-corrected chi connectivity index (χ4v) is 3.62. The van der Waals surface area contributed by atoms with Crippen LogP contribution in [0.3, 0.4) is 0 Å². The molecule has 1 heterocycles. The van der Waals surface area contributed by atoms with Crippen LogP contribution in [-0.4, -0.2) is 27.4 Å². The van der Waals surface area contributed by atoms with Crippen LogP contribution >= 0.6 is 31.9 Å². The van der Waals surface area contributed by atoms with E-state index in [1.54, 1.807) is 31.2 Å². The molecule has 0 saturated carbocycles. The minimum Gasteiger partial charge on any atom is -0.486 e. The van der Waals surface area contributed by atoms with Gasteiger partial charge in [0.05, 0.1) is 28.6 Å². The molecular weight excluding hydrogens is 532 g/mol. The second-order valence-electron chi connectivity index (χ2n) is 8.13. The number of rotatable bonds is 5. The Balaban J connectivity index is 2.14. The van der Waals surface area contributed by atoms with Crippen LogP contribution in [0.25, 0.3) is 10.9 Å². The first-order valence-corrected chi connectivity index (χ1v) is 10.9. The third kappa shape index (κ3) is 5.37. The standard InChI is InChI=1S/C21H20Br2N4O4/c1-12-25-17-6-5-14(22)8-16(17)20(28)26(12)24-10-13-7-15(23)9-18(27(29)30)19(13)31-11-21(2,3)4/h5-10H,11H2,1-4H3. The van der Waals surface area contributed by atoms with Crippen molar-refractivity contribution in [1.82, 2.24) is 9.66 Å². The van der Waals surface area contributed by atoms with E-state index in [0.29, 0.717) is 26.8 Å². The zero-order valence-electron chi connectivity index (χ0n) is 17.3. The summed E-state index contributed by atoms with van der Waals surface area (Å²) in [6.07, 6.45) is 1.37. The van der Waals surface area contributed by atoms with Crippen molar-refractivity contribution in [3.8, 4) is 5.75 Å². The number of hydrogen-bond donors (Lipinski definition) is 0. The number of benzene rings is 2. The van der Waals surface area contributed by atoms with E-state index in [9.17, 15) is 14.9 Å². The van der Waals surface area contributed by atoms with Crippen LogP contribution in [0, 0.1) is 22.5 Å². The van der Waals surface area contributed by atoms with Crippen LogP contribution < -0.4 is 10.3 Å². The second-order valence-corrected chi connectivity index (χ2v) is 9.96. The van der Waals surface area contributed by atoms with Crippen LogP contribution in [0.1, 0.15) is 32.2 Å². The summed E-state index contributed by atoms with van der Waals surface area (Å²) in [5.41, 5.74) is 0.181. The molecule has 0 aliphatic heterocycles. The van der Waals surface area contributed by atoms with E-state index in [1.807, 2.05) is 20.8 Å². The van der Waals surface area contributed by atoms with Gasteiger partial charge in [-0.05, 0) is 36.6 Å². The Morgan fingerprint density at radius 3 is 2.58 bits per heavy atom. The number of aryl methyl sites for hydroxylation is 1. The maximum atomic E-state index is 12.9. The quantitative estimate of drug-likeness (QED) is 0.238. The zero-order chi connectivity index (χ0) is 22.9. The summed E-state index contributed by atoms with van der Waals surface area (Å²) in [7, 11) is 0. The van der Waals surface area contributed by atoms with Gasteiger partial charge in [-0.2, -0.15) is 9.78 Å². The van der Waals surface area contributed by atoms with Gasteiger partial charge in [0.25, 0.3) is 5.56 Å². The van der Waals surface area contributed by atoms with Gasteiger partial charge in [-0.15, -0.1) is 0 Å². The van der Waals surface area contributed by atoms with Crippen LogP contribution in [0.15, 0.2) is 49.2 Å².